The minimum absolute atomic E-state index is 0.230. The van der Waals surface area contributed by atoms with Crippen molar-refractivity contribution in [2.24, 2.45) is 5.73 Å². The molecular formula is C8H15NO5. The quantitative estimate of drug-likeness (QED) is 0.539. The maximum atomic E-state index is 11.1. The zero-order valence-electron chi connectivity index (χ0n) is 8.17. The fourth-order valence-corrected chi connectivity index (χ4v) is 1.36. The Morgan fingerprint density at radius 3 is 2.71 bits per heavy atom. The first kappa shape index (κ1) is 11.4. The van der Waals surface area contributed by atoms with Crippen molar-refractivity contribution in [2.45, 2.75) is 31.0 Å². The first-order valence-electron chi connectivity index (χ1n) is 4.30. The zero-order chi connectivity index (χ0) is 10.7. The minimum Gasteiger partial charge on any atom is -0.467 e. The van der Waals surface area contributed by atoms with E-state index in [4.69, 9.17) is 15.2 Å². The van der Waals surface area contributed by atoms with Crippen molar-refractivity contribution in [1.29, 1.82) is 0 Å². The topological polar surface area (TPSA) is 91.0 Å². The molecule has 1 saturated heterocycles. The van der Waals surface area contributed by atoms with Gasteiger partial charge in [0.05, 0.1) is 7.11 Å². The highest BCUT2D eigenvalue weighted by Gasteiger charge is 2.39. The van der Waals surface area contributed by atoms with Crippen molar-refractivity contribution < 1.29 is 24.1 Å². The van der Waals surface area contributed by atoms with Gasteiger partial charge in [-0.2, -0.15) is 0 Å². The Morgan fingerprint density at radius 1 is 1.57 bits per heavy atom. The van der Waals surface area contributed by atoms with E-state index in [-0.39, 0.29) is 6.42 Å². The lowest BCUT2D eigenvalue weighted by Gasteiger charge is -2.35. The van der Waals surface area contributed by atoms with Gasteiger partial charge in [-0.05, 0) is 0 Å². The molecule has 14 heavy (non-hydrogen) atoms. The maximum Gasteiger partial charge on any atom is 0.335 e. The van der Waals surface area contributed by atoms with Crippen LogP contribution < -0.4 is 5.73 Å². The molecule has 0 aromatic heterocycles. The third-order valence-electron chi connectivity index (χ3n) is 2.20. The lowest BCUT2D eigenvalue weighted by atomic mass is 10.0. The fourth-order valence-electron chi connectivity index (χ4n) is 1.36. The monoisotopic (exact) mass is 205 g/mol. The van der Waals surface area contributed by atoms with Crippen molar-refractivity contribution in [1.82, 2.24) is 0 Å². The van der Waals surface area contributed by atoms with Gasteiger partial charge in [0, 0.05) is 19.6 Å². The molecule has 0 aliphatic carbocycles. The standard InChI is InChI=1S/C8H15NO5/c1-12-7(11)5-3-4(9)6(10)8(13-2)14-5/h4-6,8,10H,3,9H2,1-2H3. The molecular weight excluding hydrogens is 190 g/mol. The summed E-state index contributed by atoms with van der Waals surface area (Å²) in [7, 11) is 2.64. The number of rotatable bonds is 2. The van der Waals surface area contributed by atoms with Crippen molar-refractivity contribution >= 4 is 5.97 Å². The molecule has 6 heteroatoms. The molecule has 0 radical (unpaired) electrons. The summed E-state index contributed by atoms with van der Waals surface area (Å²) in [5.41, 5.74) is 5.61. The van der Waals surface area contributed by atoms with E-state index in [0.29, 0.717) is 0 Å². The van der Waals surface area contributed by atoms with E-state index in [1.807, 2.05) is 0 Å². The number of ether oxygens (including phenoxy) is 3. The highest BCUT2D eigenvalue weighted by atomic mass is 16.7. The number of carbonyl (C=O) groups excluding carboxylic acids is 1. The van der Waals surface area contributed by atoms with E-state index < -0.39 is 30.5 Å². The number of aliphatic hydroxyl groups excluding tert-OH is 1. The summed E-state index contributed by atoms with van der Waals surface area (Å²) < 4.78 is 14.5. The molecule has 1 fully saturated rings. The van der Waals surface area contributed by atoms with E-state index >= 15 is 0 Å². The van der Waals surface area contributed by atoms with Gasteiger partial charge in [-0.3, -0.25) is 0 Å². The lowest BCUT2D eigenvalue weighted by Crippen LogP contribution is -2.54. The number of aliphatic hydroxyl groups is 1. The van der Waals surface area contributed by atoms with Gasteiger partial charge in [0.15, 0.2) is 12.4 Å². The van der Waals surface area contributed by atoms with E-state index in [1.165, 1.54) is 14.2 Å². The molecule has 0 bridgehead atoms. The SMILES string of the molecule is COC(=O)C1CC(N)C(O)C(OC)O1. The van der Waals surface area contributed by atoms with Crippen LogP contribution in [0.4, 0.5) is 0 Å². The van der Waals surface area contributed by atoms with E-state index in [0.717, 1.165) is 0 Å². The molecule has 4 atom stereocenters. The van der Waals surface area contributed by atoms with Gasteiger partial charge in [0.25, 0.3) is 0 Å². The Hall–Kier alpha value is -0.690. The molecule has 82 valence electrons. The predicted molar refractivity (Wildman–Crippen MR) is 46.3 cm³/mol. The summed E-state index contributed by atoms with van der Waals surface area (Å²) in [6.45, 7) is 0. The molecule has 0 spiro atoms. The molecule has 1 aliphatic heterocycles. The van der Waals surface area contributed by atoms with Crippen LogP contribution in [-0.2, 0) is 19.0 Å². The molecule has 1 rings (SSSR count). The van der Waals surface area contributed by atoms with Gasteiger partial charge >= 0.3 is 5.97 Å². The average Bonchev–Trinajstić information content (AvgIpc) is 2.20. The molecule has 0 saturated carbocycles. The van der Waals surface area contributed by atoms with Crippen LogP contribution in [-0.4, -0.2) is 49.8 Å². The Labute approximate surface area is 81.9 Å². The summed E-state index contributed by atoms with van der Waals surface area (Å²) in [4.78, 5) is 11.1. The van der Waals surface area contributed by atoms with Gasteiger partial charge in [-0.15, -0.1) is 0 Å². The summed E-state index contributed by atoms with van der Waals surface area (Å²) in [6.07, 6.45) is -2.32. The van der Waals surface area contributed by atoms with Gasteiger partial charge < -0.3 is 25.1 Å². The van der Waals surface area contributed by atoms with Gasteiger partial charge in [-0.1, -0.05) is 0 Å². The van der Waals surface area contributed by atoms with Crippen LogP contribution in [0.5, 0.6) is 0 Å². The Morgan fingerprint density at radius 2 is 2.21 bits per heavy atom. The van der Waals surface area contributed by atoms with E-state index in [9.17, 15) is 9.90 Å². The smallest absolute Gasteiger partial charge is 0.335 e. The largest absolute Gasteiger partial charge is 0.467 e. The second-order valence-electron chi connectivity index (χ2n) is 3.14. The molecule has 4 unspecified atom stereocenters. The summed E-state index contributed by atoms with van der Waals surface area (Å²) in [5, 5.41) is 9.48. The average molecular weight is 205 g/mol. The highest BCUT2D eigenvalue weighted by Crippen LogP contribution is 2.20. The number of carbonyl (C=O) groups is 1. The van der Waals surface area contributed by atoms with Crippen molar-refractivity contribution in [3.05, 3.63) is 0 Å². The predicted octanol–water partition coefficient (Wildman–Crippen LogP) is -1.39. The highest BCUT2D eigenvalue weighted by molar-refractivity contribution is 5.74. The van der Waals surface area contributed by atoms with Crippen molar-refractivity contribution in [2.75, 3.05) is 14.2 Å². The molecule has 0 aromatic carbocycles. The Kier molecular flexibility index (Phi) is 3.82. The van der Waals surface area contributed by atoms with E-state index in [2.05, 4.69) is 4.74 Å². The molecule has 0 aromatic rings. The molecule has 6 nitrogen and oxygen atoms in total. The third kappa shape index (κ3) is 2.21. The van der Waals surface area contributed by atoms with E-state index in [1.54, 1.807) is 0 Å². The van der Waals surface area contributed by atoms with Crippen molar-refractivity contribution in [3.63, 3.8) is 0 Å². The number of nitrogens with two attached hydrogens (primary N) is 1. The molecule has 3 N–H and O–H groups in total. The van der Waals surface area contributed by atoms with Crippen LogP contribution >= 0.6 is 0 Å². The second kappa shape index (κ2) is 4.70. The van der Waals surface area contributed by atoms with Gasteiger partial charge in [-0.25, -0.2) is 4.79 Å². The van der Waals surface area contributed by atoms with Crippen LogP contribution in [0.1, 0.15) is 6.42 Å². The molecule has 0 amide bonds. The maximum absolute atomic E-state index is 11.1. The third-order valence-corrected chi connectivity index (χ3v) is 2.20. The summed E-state index contributed by atoms with van der Waals surface area (Å²) in [6, 6.07) is -0.544. The van der Waals surface area contributed by atoms with Gasteiger partial charge in [0.2, 0.25) is 0 Å². The number of methoxy groups -OCH3 is 2. The normalized spacial score (nSPS) is 38.0. The lowest BCUT2D eigenvalue weighted by molar-refractivity contribution is -0.238. The zero-order valence-corrected chi connectivity index (χ0v) is 8.17. The Balaban J connectivity index is 2.62. The minimum atomic E-state index is -0.916. The number of hydrogen-bond donors (Lipinski definition) is 2. The van der Waals surface area contributed by atoms with Crippen LogP contribution in [0, 0.1) is 0 Å². The number of hydrogen-bond acceptors (Lipinski definition) is 6. The Bertz CT molecular complexity index is 210. The molecule has 1 heterocycles. The summed E-state index contributed by atoms with van der Waals surface area (Å²) >= 11 is 0. The first-order chi connectivity index (χ1) is 6.60. The van der Waals surface area contributed by atoms with Crippen molar-refractivity contribution in [3.8, 4) is 0 Å². The first-order valence-corrected chi connectivity index (χ1v) is 4.30. The number of esters is 1. The summed E-state index contributed by atoms with van der Waals surface area (Å²) in [5.74, 6) is -0.505. The van der Waals surface area contributed by atoms with Gasteiger partial charge in [0.1, 0.15) is 6.10 Å². The van der Waals surface area contributed by atoms with Crippen LogP contribution in [0.3, 0.4) is 0 Å². The molecule has 1 aliphatic rings. The second-order valence-corrected chi connectivity index (χ2v) is 3.14. The van der Waals surface area contributed by atoms with Crippen LogP contribution in [0.15, 0.2) is 0 Å². The van der Waals surface area contributed by atoms with Crippen LogP contribution in [0.25, 0.3) is 0 Å². The van der Waals surface area contributed by atoms with Crippen LogP contribution in [0.2, 0.25) is 0 Å². The fraction of sp³-hybridized carbons (Fsp3) is 0.875.